The van der Waals surface area contributed by atoms with E-state index in [2.05, 4.69) is 30.8 Å². The average molecular weight is 536 g/mol. The molecule has 0 aliphatic heterocycles. The number of nitrogens with zero attached hydrogens (tertiary/aromatic N) is 5. The zero-order valence-electron chi connectivity index (χ0n) is 17.8. The number of nitrogens with one attached hydrogen (secondary N) is 3. The van der Waals surface area contributed by atoms with Crippen LogP contribution in [0.25, 0.3) is 17.2 Å². The standard InChI is InChI=1S/C21H14Cl2F3N9O/c22-11-2-1-3-12(23)17(11)31-9-14(16(27)18(28)36)32-10-4-5-13(30-8-10)19-34-33-15-6-7-29-20(35(15)19)21(24,25)26/h1-9,27,31-32H,(H2,28,36)/b14-9+,27-16?. The highest BCUT2D eigenvalue weighted by Crippen LogP contribution is 2.31. The van der Waals surface area contributed by atoms with Gasteiger partial charge in [0, 0.05) is 18.5 Å². The fourth-order valence-electron chi connectivity index (χ4n) is 3.05. The zero-order valence-corrected chi connectivity index (χ0v) is 19.3. The fourth-order valence-corrected chi connectivity index (χ4v) is 3.56. The first-order chi connectivity index (χ1) is 17.1. The summed E-state index contributed by atoms with van der Waals surface area (Å²) in [5.74, 6) is -2.39. The third-order valence-electron chi connectivity index (χ3n) is 4.68. The van der Waals surface area contributed by atoms with E-state index >= 15 is 0 Å². The van der Waals surface area contributed by atoms with Gasteiger partial charge < -0.3 is 16.4 Å². The highest BCUT2D eigenvalue weighted by atomic mass is 35.5. The van der Waals surface area contributed by atoms with Crippen molar-refractivity contribution in [2.75, 3.05) is 10.6 Å². The summed E-state index contributed by atoms with van der Waals surface area (Å²) in [5.41, 5.74) is 5.27. The summed E-state index contributed by atoms with van der Waals surface area (Å²) in [6.07, 6.45) is -1.22. The Balaban J connectivity index is 1.65. The van der Waals surface area contributed by atoms with Crippen molar-refractivity contribution in [1.82, 2.24) is 24.6 Å². The molecule has 4 aromatic rings. The topological polar surface area (TPSA) is 147 Å². The predicted molar refractivity (Wildman–Crippen MR) is 128 cm³/mol. The number of anilines is 2. The first-order valence-electron chi connectivity index (χ1n) is 9.86. The number of hydrogen-bond donors (Lipinski definition) is 4. The van der Waals surface area contributed by atoms with Gasteiger partial charge >= 0.3 is 6.18 Å². The minimum absolute atomic E-state index is 0.0514. The van der Waals surface area contributed by atoms with Gasteiger partial charge in [-0.2, -0.15) is 13.2 Å². The third-order valence-corrected chi connectivity index (χ3v) is 5.31. The monoisotopic (exact) mass is 535 g/mol. The SMILES string of the molecule is N=C(C(N)=O)/C(=C\Nc1c(Cl)cccc1Cl)Nc1ccc(-c2nnc3ccnc(C(F)(F)F)n23)nc1. The van der Waals surface area contributed by atoms with Crippen molar-refractivity contribution < 1.29 is 18.0 Å². The van der Waals surface area contributed by atoms with Crippen LogP contribution in [0.4, 0.5) is 24.5 Å². The second kappa shape index (κ2) is 9.79. The Bertz CT molecular complexity index is 1480. The molecular weight excluding hydrogens is 522 g/mol. The Labute approximate surface area is 210 Å². The summed E-state index contributed by atoms with van der Waals surface area (Å²) in [4.78, 5) is 19.2. The highest BCUT2D eigenvalue weighted by molar-refractivity contribution is 6.44. The second-order valence-electron chi connectivity index (χ2n) is 7.08. The molecule has 4 rings (SSSR count). The van der Waals surface area contributed by atoms with Crippen LogP contribution < -0.4 is 16.4 Å². The summed E-state index contributed by atoms with van der Waals surface area (Å²) in [5, 5.41) is 21.8. The number of benzene rings is 1. The maximum absolute atomic E-state index is 13.4. The smallest absolute Gasteiger partial charge is 0.364 e. The lowest BCUT2D eigenvalue weighted by atomic mass is 10.2. The lowest BCUT2D eigenvalue weighted by Crippen LogP contribution is -2.27. The Hall–Kier alpha value is -4.23. The van der Waals surface area contributed by atoms with Crippen molar-refractivity contribution in [2.45, 2.75) is 6.18 Å². The number of alkyl halides is 3. The Morgan fingerprint density at radius 1 is 1.08 bits per heavy atom. The third kappa shape index (κ3) is 5.06. The molecule has 3 aromatic heterocycles. The van der Waals surface area contributed by atoms with E-state index in [4.69, 9.17) is 34.3 Å². The van der Waals surface area contributed by atoms with Gasteiger partial charge in [0.15, 0.2) is 11.5 Å². The van der Waals surface area contributed by atoms with Crippen LogP contribution in [0.3, 0.4) is 0 Å². The lowest BCUT2D eigenvalue weighted by molar-refractivity contribution is -0.145. The van der Waals surface area contributed by atoms with E-state index in [1.807, 2.05) is 0 Å². The summed E-state index contributed by atoms with van der Waals surface area (Å²) < 4.78 is 41.0. The molecule has 0 aliphatic carbocycles. The van der Waals surface area contributed by atoms with Crippen LogP contribution in [-0.2, 0) is 11.0 Å². The number of para-hydroxylation sites is 1. The van der Waals surface area contributed by atoms with Crippen LogP contribution in [0.1, 0.15) is 5.82 Å². The number of carbonyl (C=O) groups excluding carboxylic acids is 1. The molecule has 0 fully saturated rings. The number of primary amides is 1. The van der Waals surface area contributed by atoms with Gasteiger partial charge in [0.1, 0.15) is 11.4 Å². The van der Waals surface area contributed by atoms with Crippen LogP contribution in [0.15, 0.2) is 60.7 Å². The molecule has 36 heavy (non-hydrogen) atoms. The summed E-state index contributed by atoms with van der Waals surface area (Å²) in [6, 6.07) is 8.95. The van der Waals surface area contributed by atoms with Crippen LogP contribution in [0, 0.1) is 5.41 Å². The number of pyridine rings is 1. The number of fused-ring (bicyclic) bond motifs is 1. The molecule has 5 N–H and O–H groups in total. The van der Waals surface area contributed by atoms with E-state index in [-0.39, 0.29) is 28.5 Å². The number of amides is 1. The lowest BCUT2D eigenvalue weighted by Gasteiger charge is -2.13. The fraction of sp³-hybridized carbons (Fsp3) is 0.0476. The molecule has 15 heteroatoms. The molecule has 0 saturated heterocycles. The molecule has 1 amide bonds. The minimum atomic E-state index is -4.75. The van der Waals surface area contributed by atoms with Crippen molar-refractivity contribution in [1.29, 1.82) is 5.41 Å². The van der Waals surface area contributed by atoms with Crippen LogP contribution >= 0.6 is 23.2 Å². The van der Waals surface area contributed by atoms with E-state index in [1.54, 1.807) is 18.2 Å². The average Bonchev–Trinajstić information content (AvgIpc) is 3.26. The number of hydrogen-bond acceptors (Lipinski definition) is 8. The van der Waals surface area contributed by atoms with Crippen molar-refractivity contribution in [3.05, 3.63) is 76.6 Å². The van der Waals surface area contributed by atoms with E-state index in [9.17, 15) is 18.0 Å². The Morgan fingerprint density at radius 3 is 2.42 bits per heavy atom. The molecule has 10 nitrogen and oxygen atoms in total. The molecule has 0 spiro atoms. The van der Waals surface area contributed by atoms with Gasteiger partial charge in [-0.15, -0.1) is 10.2 Å². The molecule has 184 valence electrons. The van der Waals surface area contributed by atoms with Crippen molar-refractivity contribution in [2.24, 2.45) is 5.73 Å². The molecule has 0 bridgehead atoms. The van der Waals surface area contributed by atoms with Crippen LogP contribution in [-0.4, -0.2) is 36.2 Å². The number of carbonyl (C=O) groups is 1. The van der Waals surface area contributed by atoms with Crippen molar-refractivity contribution >= 4 is 51.8 Å². The molecule has 0 saturated carbocycles. The molecule has 3 heterocycles. The summed E-state index contributed by atoms with van der Waals surface area (Å²) >= 11 is 12.2. The predicted octanol–water partition coefficient (Wildman–Crippen LogP) is 4.38. The number of rotatable bonds is 7. The number of aromatic nitrogens is 5. The van der Waals surface area contributed by atoms with E-state index in [0.717, 1.165) is 10.6 Å². The summed E-state index contributed by atoms with van der Waals surface area (Å²) in [6.45, 7) is 0. The molecule has 0 radical (unpaired) electrons. The summed E-state index contributed by atoms with van der Waals surface area (Å²) in [7, 11) is 0. The van der Waals surface area contributed by atoms with E-state index in [1.165, 1.54) is 30.6 Å². The van der Waals surface area contributed by atoms with Gasteiger partial charge in [-0.3, -0.25) is 19.6 Å². The zero-order chi connectivity index (χ0) is 26.0. The van der Waals surface area contributed by atoms with E-state index < -0.39 is 23.6 Å². The molecular formula is C21H14Cl2F3N9O. The van der Waals surface area contributed by atoms with Gasteiger partial charge in [-0.05, 0) is 24.3 Å². The number of halogens is 5. The quantitative estimate of drug-likeness (QED) is 0.256. The van der Waals surface area contributed by atoms with Gasteiger partial charge in [0.05, 0.1) is 33.3 Å². The van der Waals surface area contributed by atoms with Crippen molar-refractivity contribution in [3.8, 4) is 11.5 Å². The van der Waals surface area contributed by atoms with Crippen molar-refractivity contribution in [3.63, 3.8) is 0 Å². The van der Waals surface area contributed by atoms with Gasteiger partial charge in [0.25, 0.3) is 5.91 Å². The molecule has 1 aromatic carbocycles. The van der Waals surface area contributed by atoms with Gasteiger partial charge in [-0.25, -0.2) is 4.98 Å². The minimum Gasteiger partial charge on any atom is -0.364 e. The highest BCUT2D eigenvalue weighted by Gasteiger charge is 2.37. The van der Waals surface area contributed by atoms with Gasteiger partial charge in [-0.1, -0.05) is 29.3 Å². The first kappa shape index (κ1) is 24.9. The first-order valence-corrected chi connectivity index (χ1v) is 10.6. The largest absolute Gasteiger partial charge is 0.450 e. The molecule has 0 unspecified atom stereocenters. The normalized spacial score (nSPS) is 12.0. The van der Waals surface area contributed by atoms with Gasteiger partial charge in [0.2, 0.25) is 5.82 Å². The second-order valence-corrected chi connectivity index (χ2v) is 7.89. The number of nitrogens with two attached hydrogens (primary N) is 1. The maximum Gasteiger partial charge on any atom is 0.450 e. The Kier molecular flexibility index (Phi) is 6.77. The van der Waals surface area contributed by atoms with E-state index in [0.29, 0.717) is 15.7 Å². The Morgan fingerprint density at radius 2 is 1.81 bits per heavy atom. The van der Waals surface area contributed by atoms with Crippen LogP contribution in [0.5, 0.6) is 0 Å². The maximum atomic E-state index is 13.4. The van der Waals surface area contributed by atoms with Crippen LogP contribution in [0.2, 0.25) is 10.0 Å². The molecule has 0 aliphatic rings. The molecule has 0 atom stereocenters.